The van der Waals surface area contributed by atoms with Crippen molar-refractivity contribution >= 4 is 16.7 Å². The van der Waals surface area contributed by atoms with Crippen molar-refractivity contribution in [2.75, 3.05) is 0 Å². The summed E-state index contributed by atoms with van der Waals surface area (Å²) < 4.78 is 38.0. The fourth-order valence-electron chi connectivity index (χ4n) is 3.58. The van der Waals surface area contributed by atoms with E-state index in [2.05, 4.69) is 10.3 Å². The molecule has 0 saturated carbocycles. The second-order valence-electron chi connectivity index (χ2n) is 7.39. The van der Waals surface area contributed by atoms with E-state index < -0.39 is 11.7 Å². The second kappa shape index (κ2) is 8.70. The maximum absolute atomic E-state index is 12.7. The summed E-state index contributed by atoms with van der Waals surface area (Å²) in [6.07, 6.45) is -1.02. The Labute approximate surface area is 182 Å². The Morgan fingerprint density at radius 2 is 1.75 bits per heavy atom. The second-order valence-corrected chi connectivity index (χ2v) is 7.39. The minimum atomic E-state index is -4.40. The Morgan fingerprint density at radius 3 is 2.47 bits per heavy atom. The minimum Gasteiger partial charge on any atom is -0.508 e. The van der Waals surface area contributed by atoms with Crippen LogP contribution in [0.1, 0.15) is 16.7 Å². The molecule has 0 saturated heterocycles. The first-order valence-corrected chi connectivity index (χ1v) is 9.89. The molecule has 4 nitrogen and oxygen atoms in total. The number of rotatable bonds is 5. The van der Waals surface area contributed by atoms with Gasteiger partial charge in [-0.3, -0.25) is 9.78 Å². The molecule has 1 heterocycles. The van der Waals surface area contributed by atoms with Gasteiger partial charge in [-0.1, -0.05) is 36.4 Å². The topological polar surface area (TPSA) is 62.2 Å². The summed E-state index contributed by atoms with van der Waals surface area (Å²) in [4.78, 5) is 16.5. The molecule has 3 aromatic carbocycles. The maximum Gasteiger partial charge on any atom is 0.416 e. The van der Waals surface area contributed by atoms with Crippen LogP contribution in [0.4, 0.5) is 13.2 Å². The summed E-state index contributed by atoms with van der Waals surface area (Å²) in [5, 5.41) is 14.4. The lowest BCUT2D eigenvalue weighted by Crippen LogP contribution is -2.24. The fourth-order valence-corrected chi connectivity index (χ4v) is 3.58. The van der Waals surface area contributed by atoms with Gasteiger partial charge in [0.2, 0.25) is 5.91 Å². The molecular weight excluding hydrogens is 417 g/mol. The predicted molar refractivity (Wildman–Crippen MR) is 116 cm³/mol. The Balaban J connectivity index is 1.50. The van der Waals surface area contributed by atoms with E-state index in [1.807, 2.05) is 24.3 Å². The number of alkyl halides is 3. The number of aromatic hydroxyl groups is 1. The number of halogens is 3. The summed E-state index contributed by atoms with van der Waals surface area (Å²) in [5.74, 6) is -0.122. The molecule has 7 heteroatoms. The van der Waals surface area contributed by atoms with Crippen LogP contribution >= 0.6 is 0 Å². The number of carbonyl (C=O) groups excluding carboxylic acids is 1. The van der Waals surface area contributed by atoms with Gasteiger partial charge in [-0.05, 0) is 58.0 Å². The van der Waals surface area contributed by atoms with Gasteiger partial charge in [0.15, 0.2) is 0 Å². The van der Waals surface area contributed by atoms with Crippen molar-refractivity contribution < 1.29 is 23.1 Å². The highest BCUT2D eigenvalue weighted by Crippen LogP contribution is 2.32. The summed E-state index contributed by atoms with van der Waals surface area (Å²) in [7, 11) is 0. The summed E-state index contributed by atoms with van der Waals surface area (Å²) in [6.45, 7) is 0.252. The molecule has 32 heavy (non-hydrogen) atoms. The lowest BCUT2D eigenvalue weighted by Gasteiger charge is -2.13. The fraction of sp³-hybridized carbons (Fsp3) is 0.120. The smallest absolute Gasteiger partial charge is 0.416 e. The van der Waals surface area contributed by atoms with Gasteiger partial charge in [-0.25, -0.2) is 0 Å². The van der Waals surface area contributed by atoms with E-state index in [1.54, 1.807) is 30.6 Å². The number of aromatic nitrogens is 1. The van der Waals surface area contributed by atoms with Crippen LogP contribution in [0.25, 0.3) is 21.9 Å². The van der Waals surface area contributed by atoms with Gasteiger partial charge in [0.1, 0.15) is 5.75 Å². The van der Waals surface area contributed by atoms with E-state index >= 15 is 0 Å². The molecule has 4 aromatic rings. The van der Waals surface area contributed by atoms with Gasteiger partial charge in [0.05, 0.1) is 12.0 Å². The van der Waals surface area contributed by atoms with Crippen LogP contribution in [-0.2, 0) is 23.9 Å². The molecule has 0 aliphatic heterocycles. The van der Waals surface area contributed by atoms with Crippen LogP contribution in [0.5, 0.6) is 5.75 Å². The zero-order valence-corrected chi connectivity index (χ0v) is 16.9. The molecule has 2 N–H and O–H groups in total. The number of hydrogen-bond acceptors (Lipinski definition) is 3. The molecule has 0 aliphatic carbocycles. The average molecular weight is 436 g/mol. The number of nitrogens with zero attached hydrogens (tertiary/aromatic N) is 1. The zero-order valence-electron chi connectivity index (χ0n) is 16.9. The number of carbonyl (C=O) groups is 1. The summed E-state index contributed by atoms with van der Waals surface area (Å²) in [6, 6.07) is 17.2. The lowest BCUT2D eigenvalue weighted by atomic mass is 9.96. The summed E-state index contributed by atoms with van der Waals surface area (Å²) in [5.41, 5.74) is 2.41. The van der Waals surface area contributed by atoms with Crippen LogP contribution in [0.3, 0.4) is 0 Å². The molecule has 0 aliphatic rings. The van der Waals surface area contributed by atoms with E-state index in [0.29, 0.717) is 5.56 Å². The first-order chi connectivity index (χ1) is 15.3. The van der Waals surface area contributed by atoms with Gasteiger partial charge >= 0.3 is 6.18 Å². The third kappa shape index (κ3) is 4.72. The minimum absolute atomic E-state index is 0.0182. The number of pyridine rings is 1. The number of amides is 1. The van der Waals surface area contributed by atoms with Gasteiger partial charge in [0, 0.05) is 24.3 Å². The van der Waals surface area contributed by atoms with E-state index in [4.69, 9.17) is 0 Å². The first-order valence-electron chi connectivity index (χ1n) is 9.89. The highest BCUT2D eigenvalue weighted by molar-refractivity contribution is 5.98. The van der Waals surface area contributed by atoms with Crippen LogP contribution < -0.4 is 5.32 Å². The van der Waals surface area contributed by atoms with Crippen LogP contribution in [0.2, 0.25) is 0 Å². The molecule has 0 atom stereocenters. The third-order valence-corrected chi connectivity index (χ3v) is 5.19. The average Bonchev–Trinajstić information content (AvgIpc) is 2.77. The van der Waals surface area contributed by atoms with Crippen molar-refractivity contribution in [3.63, 3.8) is 0 Å². The van der Waals surface area contributed by atoms with Crippen molar-refractivity contribution in [1.82, 2.24) is 10.3 Å². The highest BCUT2D eigenvalue weighted by Gasteiger charge is 2.29. The SMILES string of the molecule is O=C(Cc1ccc(C(F)(F)F)cc1)NCc1ccc(-c2cccc(O)c2)c2ccncc12. The molecule has 0 bridgehead atoms. The monoisotopic (exact) mass is 436 g/mol. The lowest BCUT2D eigenvalue weighted by molar-refractivity contribution is -0.137. The molecule has 1 amide bonds. The maximum atomic E-state index is 12.7. The number of phenols is 1. The molecule has 0 fully saturated rings. The largest absolute Gasteiger partial charge is 0.508 e. The molecule has 162 valence electrons. The van der Waals surface area contributed by atoms with Gasteiger partial charge < -0.3 is 10.4 Å². The molecule has 0 spiro atoms. The summed E-state index contributed by atoms with van der Waals surface area (Å²) >= 11 is 0. The molecule has 0 unspecified atom stereocenters. The molecule has 4 rings (SSSR count). The predicted octanol–water partition coefficient (Wildman–Crippen LogP) is 5.49. The van der Waals surface area contributed by atoms with Gasteiger partial charge in [-0.15, -0.1) is 0 Å². The van der Waals surface area contributed by atoms with Crippen molar-refractivity contribution in [3.05, 3.63) is 95.8 Å². The normalized spacial score (nSPS) is 11.5. The van der Waals surface area contributed by atoms with E-state index in [1.165, 1.54) is 12.1 Å². The van der Waals surface area contributed by atoms with Crippen molar-refractivity contribution in [2.24, 2.45) is 0 Å². The Kier molecular flexibility index (Phi) is 5.81. The Bertz CT molecular complexity index is 1270. The highest BCUT2D eigenvalue weighted by atomic mass is 19.4. The van der Waals surface area contributed by atoms with Gasteiger partial charge in [0.25, 0.3) is 0 Å². The molecule has 1 aromatic heterocycles. The zero-order chi connectivity index (χ0) is 22.7. The van der Waals surface area contributed by atoms with Crippen molar-refractivity contribution in [3.8, 4) is 16.9 Å². The van der Waals surface area contributed by atoms with E-state index in [-0.39, 0.29) is 24.6 Å². The molecular formula is C25H19F3N2O2. The standard InChI is InChI=1S/C25H19F3N2O2/c26-25(27,28)19-7-4-16(5-8-19)12-24(32)30-14-18-6-9-21(17-2-1-3-20(31)13-17)22-10-11-29-15-23(18)22/h1-11,13,15,31H,12,14H2,(H,30,32). The quantitative estimate of drug-likeness (QED) is 0.435. The third-order valence-electron chi connectivity index (χ3n) is 5.19. The Morgan fingerprint density at radius 1 is 0.969 bits per heavy atom. The van der Waals surface area contributed by atoms with Crippen molar-refractivity contribution in [2.45, 2.75) is 19.1 Å². The van der Waals surface area contributed by atoms with Crippen LogP contribution in [0.15, 0.2) is 79.1 Å². The van der Waals surface area contributed by atoms with E-state index in [9.17, 15) is 23.1 Å². The Hall–Kier alpha value is -3.87. The number of hydrogen-bond donors (Lipinski definition) is 2. The van der Waals surface area contributed by atoms with Gasteiger partial charge in [-0.2, -0.15) is 13.2 Å². The van der Waals surface area contributed by atoms with Crippen molar-refractivity contribution in [1.29, 1.82) is 0 Å². The number of benzene rings is 3. The number of phenolic OH excluding ortho intramolecular Hbond substituents is 1. The molecule has 0 radical (unpaired) electrons. The van der Waals surface area contributed by atoms with E-state index in [0.717, 1.165) is 39.6 Å². The number of fused-ring (bicyclic) bond motifs is 1. The number of nitrogens with one attached hydrogen (secondary N) is 1. The first kappa shape index (κ1) is 21.4. The van der Waals surface area contributed by atoms with Crippen LogP contribution in [-0.4, -0.2) is 16.0 Å². The van der Waals surface area contributed by atoms with Crippen LogP contribution in [0, 0.1) is 0 Å².